The highest BCUT2D eigenvalue weighted by molar-refractivity contribution is 5.93. The Labute approximate surface area is 161 Å². The molecule has 0 aromatic heterocycles. The molecule has 0 heterocycles. The Balaban J connectivity index is 1.73. The van der Waals surface area contributed by atoms with Crippen molar-refractivity contribution in [2.24, 2.45) is 0 Å². The smallest absolute Gasteiger partial charge is 0.244 e. The normalized spacial score (nSPS) is 12.3. The van der Waals surface area contributed by atoms with Crippen LogP contribution in [0.3, 0.4) is 0 Å². The Morgan fingerprint density at radius 1 is 0.815 bits per heavy atom. The van der Waals surface area contributed by atoms with E-state index in [1.165, 1.54) is 23.3 Å². The highest BCUT2D eigenvalue weighted by atomic mass is 16.2. The third kappa shape index (κ3) is 7.74. The highest BCUT2D eigenvalue weighted by Gasteiger charge is 2.05. The Morgan fingerprint density at radius 2 is 1.26 bits per heavy atom. The summed E-state index contributed by atoms with van der Waals surface area (Å²) in [7, 11) is 0. The van der Waals surface area contributed by atoms with Crippen LogP contribution in [0.15, 0.2) is 60.7 Å². The fraction of sp³-hybridized carbons (Fsp3) is 0.217. The predicted octanol–water partition coefficient (Wildman–Crippen LogP) is 3.65. The van der Waals surface area contributed by atoms with Gasteiger partial charge in [0.2, 0.25) is 11.8 Å². The molecule has 4 nitrogen and oxygen atoms in total. The Kier molecular flexibility index (Phi) is 7.56. The van der Waals surface area contributed by atoms with Crippen LogP contribution in [0, 0.1) is 13.8 Å². The van der Waals surface area contributed by atoms with E-state index in [-0.39, 0.29) is 17.9 Å². The zero-order valence-electron chi connectivity index (χ0n) is 16.0. The molecule has 2 N–H and O–H groups in total. The van der Waals surface area contributed by atoms with Crippen molar-refractivity contribution in [2.75, 3.05) is 6.54 Å². The summed E-state index contributed by atoms with van der Waals surface area (Å²) in [5, 5.41) is 5.62. The van der Waals surface area contributed by atoms with Crippen LogP contribution in [0.5, 0.6) is 0 Å². The van der Waals surface area contributed by atoms with Gasteiger partial charge in [0, 0.05) is 24.7 Å². The average Bonchev–Trinajstić information content (AvgIpc) is 2.65. The molecular weight excluding hydrogens is 336 g/mol. The first-order valence-corrected chi connectivity index (χ1v) is 9.00. The largest absolute Gasteiger partial charge is 0.351 e. The summed E-state index contributed by atoms with van der Waals surface area (Å²) in [5.41, 5.74) is 4.30. The molecule has 0 fully saturated rings. The number of hydrogen-bond donors (Lipinski definition) is 2. The van der Waals surface area contributed by atoms with Crippen molar-refractivity contribution in [3.05, 3.63) is 82.9 Å². The average molecular weight is 362 g/mol. The second kappa shape index (κ2) is 10.1. The van der Waals surface area contributed by atoms with Gasteiger partial charge in [-0.25, -0.2) is 0 Å². The van der Waals surface area contributed by atoms with Crippen LogP contribution in [-0.4, -0.2) is 24.4 Å². The molecule has 2 rings (SSSR count). The minimum absolute atomic E-state index is 0.170. The Bertz CT molecular complexity index is 818. The molecule has 140 valence electrons. The van der Waals surface area contributed by atoms with E-state index in [1.807, 2.05) is 69.3 Å². The summed E-state index contributed by atoms with van der Waals surface area (Å²) in [6, 6.07) is 15.7. The summed E-state index contributed by atoms with van der Waals surface area (Å²) >= 11 is 0. The summed E-state index contributed by atoms with van der Waals surface area (Å²) in [5.74, 6) is -0.376. The molecule has 0 spiro atoms. The van der Waals surface area contributed by atoms with Gasteiger partial charge in [0.05, 0.1) is 0 Å². The minimum atomic E-state index is -0.188. The van der Waals surface area contributed by atoms with Crippen LogP contribution in [-0.2, 0) is 9.59 Å². The van der Waals surface area contributed by atoms with Crippen molar-refractivity contribution in [3.8, 4) is 0 Å². The van der Waals surface area contributed by atoms with Crippen LogP contribution in [0.25, 0.3) is 12.2 Å². The third-order valence-corrected chi connectivity index (χ3v) is 3.98. The van der Waals surface area contributed by atoms with Crippen LogP contribution in [0.2, 0.25) is 0 Å². The van der Waals surface area contributed by atoms with Gasteiger partial charge in [-0.1, -0.05) is 59.7 Å². The SMILES string of the molecule is Cc1ccc(/C=C/C(=O)NC[C@@H](C)NC(=O)/C=C/c2ccc(C)cc2)cc1. The zero-order chi connectivity index (χ0) is 19.6. The van der Waals surface area contributed by atoms with E-state index in [0.29, 0.717) is 6.54 Å². The molecule has 0 aliphatic carbocycles. The molecular formula is C23H26N2O2. The lowest BCUT2D eigenvalue weighted by Crippen LogP contribution is -2.40. The summed E-state index contributed by atoms with van der Waals surface area (Å²) in [6.07, 6.45) is 6.53. The van der Waals surface area contributed by atoms with Crippen LogP contribution >= 0.6 is 0 Å². The van der Waals surface area contributed by atoms with E-state index in [9.17, 15) is 9.59 Å². The number of carbonyl (C=O) groups is 2. The van der Waals surface area contributed by atoms with E-state index < -0.39 is 0 Å². The molecule has 27 heavy (non-hydrogen) atoms. The van der Waals surface area contributed by atoms with E-state index >= 15 is 0 Å². The molecule has 4 heteroatoms. The molecule has 0 unspecified atom stereocenters. The quantitative estimate of drug-likeness (QED) is 0.739. The molecule has 2 aromatic carbocycles. The van der Waals surface area contributed by atoms with Crippen molar-refractivity contribution in [1.29, 1.82) is 0 Å². The van der Waals surface area contributed by atoms with Gasteiger partial charge >= 0.3 is 0 Å². The standard InChI is InChI=1S/C23H26N2O2/c1-17-4-8-20(9-5-17)12-14-22(26)24-16-19(3)25-23(27)15-13-21-10-6-18(2)7-11-21/h4-15,19H,16H2,1-3H3,(H,24,26)(H,25,27)/b14-12+,15-13+/t19-/m1/s1. The van der Waals surface area contributed by atoms with Crippen molar-refractivity contribution in [2.45, 2.75) is 26.8 Å². The maximum absolute atomic E-state index is 12.0. The van der Waals surface area contributed by atoms with Crippen molar-refractivity contribution >= 4 is 24.0 Å². The van der Waals surface area contributed by atoms with E-state index in [4.69, 9.17) is 0 Å². The van der Waals surface area contributed by atoms with Crippen molar-refractivity contribution in [1.82, 2.24) is 10.6 Å². The Morgan fingerprint density at radius 3 is 1.74 bits per heavy atom. The van der Waals surface area contributed by atoms with Gasteiger partial charge in [-0.15, -0.1) is 0 Å². The molecule has 2 aromatic rings. The monoisotopic (exact) mass is 362 g/mol. The van der Waals surface area contributed by atoms with E-state index in [0.717, 1.165) is 11.1 Å². The topological polar surface area (TPSA) is 58.2 Å². The third-order valence-electron chi connectivity index (χ3n) is 3.98. The Hall–Kier alpha value is -3.14. The predicted molar refractivity (Wildman–Crippen MR) is 111 cm³/mol. The molecule has 0 bridgehead atoms. The number of amides is 2. The summed E-state index contributed by atoms with van der Waals surface area (Å²) in [4.78, 5) is 23.8. The molecule has 0 aliphatic rings. The number of aryl methyl sites for hydroxylation is 2. The number of rotatable bonds is 7. The molecule has 0 saturated heterocycles. The number of benzene rings is 2. The zero-order valence-corrected chi connectivity index (χ0v) is 16.0. The molecule has 2 amide bonds. The first kappa shape index (κ1) is 20.2. The van der Waals surface area contributed by atoms with Gasteiger partial charge in [0.1, 0.15) is 0 Å². The molecule has 0 aliphatic heterocycles. The van der Waals surface area contributed by atoms with Crippen molar-refractivity contribution in [3.63, 3.8) is 0 Å². The number of hydrogen-bond acceptors (Lipinski definition) is 2. The lowest BCUT2D eigenvalue weighted by Gasteiger charge is -2.12. The van der Waals surface area contributed by atoms with Crippen LogP contribution < -0.4 is 10.6 Å². The lowest BCUT2D eigenvalue weighted by molar-refractivity contribution is -0.118. The lowest BCUT2D eigenvalue weighted by atomic mass is 10.1. The van der Waals surface area contributed by atoms with Gasteiger partial charge < -0.3 is 10.6 Å². The fourth-order valence-electron chi connectivity index (χ4n) is 2.35. The first-order chi connectivity index (χ1) is 12.9. The molecule has 1 atom stereocenters. The molecule has 0 radical (unpaired) electrons. The highest BCUT2D eigenvalue weighted by Crippen LogP contribution is 2.05. The maximum Gasteiger partial charge on any atom is 0.244 e. The second-order valence-electron chi connectivity index (χ2n) is 6.64. The number of nitrogens with one attached hydrogen (secondary N) is 2. The maximum atomic E-state index is 12.0. The molecule has 0 saturated carbocycles. The van der Waals surface area contributed by atoms with Gasteiger partial charge in [-0.3, -0.25) is 9.59 Å². The minimum Gasteiger partial charge on any atom is -0.351 e. The summed E-state index contributed by atoms with van der Waals surface area (Å²) < 4.78 is 0. The van der Waals surface area contributed by atoms with Gasteiger partial charge in [-0.2, -0.15) is 0 Å². The van der Waals surface area contributed by atoms with Gasteiger partial charge in [-0.05, 0) is 44.1 Å². The van der Waals surface area contributed by atoms with Crippen molar-refractivity contribution < 1.29 is 9.59 Å². The first-order valence-electron chi connectivity index (χ1n) is 9.00. The van der Waals surface area contributed by atoms with Gasteiger partial charge in [0.15, 0.2) is 0 Å². The van der Waals surface area contributed by atoms with Crippen LogP contribution in [0.1, 0.15) is 29.2 Å². The van der Waals surface area contributed by atoms with E-state index in [1.54, 1.807) is 12.2 Å². The summed E-state index contributed by atoms with van der Waals surface area (Å²) in [6.45, 7) is 6.25. The fourth-order valence-corrected chi connectivity index (χ4v) is 2.35. The van der Waals surface area contributed by atoms with Crippen LogP contribution in [0.4, 0.5) is 0 Å². The van der Waals surface area contributed by atoms with E-state index in [2.05, 4.69) is 10.6 Å². The number of carbonyl (C=O) groups excluding carboxylic acids is 2. The van der Waals surface area contributed by atoms with Gasteiger partial charge in [0.25, 0.3) is 0 Å². The second-order valence-corrected chi connectivity index (χ2v) is 6.64.